The van der Waals surface area contributed by atoms with Gasteiger partial charge in [0.25, 0.3) is 10.1 Å². The van der Waals surface area contributed by atoms with Gasteiger partial charge < -0.3 is 10.1 Å². The van der Waals surface area contributed by atoms with E-state index in [0.717, 1.165) is 19.3 Å². The predicted molar refractivity (Wildman–Crippen MR) is 117 cm³/mol. The van der Waals surface area contributed by atoms with Crippen LogP contribution >= 0.6 is 0 Å². The largest absolute Gasteiger partial charge is 1.00 e. The van der Waals surface area contributed by atoms with Crippen LogP contribution in [0, 0.1) is 0 Å². The second-order valence-corrected chi connectivity index (χ2v) is 9.54. The maximum atomic E-state index is 11.4. The van der Waals surface area contributed by atoms with Crippen molar-refractivity contribution in [2.24, 2.45) is 4.99 Å². The van der Waals surface area contributed by atoms with Crippen LogP contribution in [0.2, 0.25) is 0 Å². The van der Waals surface area contributed by atoms with E-state index in [1.165, 1.54) is 89.9 Å². The molecule has 0 atom stereocenters. The van der Waals surface area contributed by atoms with Crippen LogP contribution in [0.4, 0.5) is 0 Å². The standard InChI is InChI=1S/C22H45NO4S.Na/c1-2-3-4-5-6-7-8-9-10-11-12-13-14-15-16-17-18-19-22(24)23-20-21-28(25,26)27;/h2-21H2,1H3,(H,23,24)(H,25,26,27);/q;+1/p-1. The van der Waals surface area contributed by atoms with Crippen molar-refractivity contribution in [2.75, 3.05) is 12.3 Å². The monoisotopic (exact) mass is 441 g/mol. The van der Waals surface area contributed by atoms with Gasteiger partial charge in [0, 0.05) is 0 Å². The molecule has 0 rings (SSSR count). The molecule has 0 amide bonds. The van der Waals surface area contributed by atoms with Gasteiger partial charge in [0.15, 0.2) is 0 Å². The molecule has 7 heteroatoms. The van der Waals surface area contributed by atoms with Gasteiger partial charge in [-0.2, -0.15) is 8.42 Å². The molecule has 0 aromatic carbocycles. The van der Waals surface area contributed by atoms with Gasteiger partial charge in [-0.15, -0.1) is 0 Å². The van der Waals surface area contributed by atoms with Crippen molar-refractivity contribution in [3.8, 4) is 0 Å². The van der Waals surface area contributed by atoms with Crippen molar-refractivity contribution in [1.82, 2.24) is 0 Å². The Hall–Kier alpha value is 0.380. The van der Waals surface area contributed by atoms with Crippen molar-refractivity contribution >= 4 is 16.0 Å². The summed E-state index contributed by atoms with van der Waals surface area (Å²) in [5, 5.41) is 11.4. The van der Waals surface area contributed by atoms with Gasteiger partial charge in [-0.05, 0) is 18.7 Å². The quantitative estimate of drug-likeness (QED) is 0.0975. The van der Waals surface area contributed by atoms with Gasteiger partial charge in [-0.1, -0.05) is 110 Å². The minimum atomic E-state index is -4.02. The van der Waals surface area contributed by atoms with Gasteiger partial charge in [0.05, 0.1) is 12.3 Å². The van der Waals surface area contributed by atoms with Gasteiger partial charge >= 0.3 is 29.6 Å². The summed E-state index contributed by atoms with van der Waals surface area (Å²) in [6.07, 6.45) is 22.5. The first kappa shape index (κ1) is 31.6. The number of aliphatic imine (C=N–C) groups is 1. The summed E-state index contributed by atoms with van der Waals surface area (Å²) >= 11 is 0. The van der Waals surface area contributed by atoms with Crippen LogP contribution in [0.3, 0.4) is 0 Å². The number of nitrogens with zero attached hydrogens (tertiary/aromatic N) is 1. The summed E-state index contributed by atoms with van der Waals surface area (Å²) < 4.78 is 29.6. The summed E-state index contributed by atoms with van der Waals surface area (Å²) in [7, 11) is -4.02. The van der Waals surface area contributed by atoms with Crippen LogP contribution < -0.4 is 34.7 Å². The third kappa shape index (κ3) is 28.4. The zero-order valence-electron chi connectivity index (χ0n) is 19.2. The zero-order valence-corrected chi connectivity index (χ0v) is 22.0. The molecular weight excluding hydrogens is 397 g/mol. The van der Waals surface area contributed by atoms with Crippen LogP contribution in [0.25, 0.3) is 0 Å². The molecule has 0 aliphatic carbocycles. The molecule has 0 aromatic rings. The van der Waals surface area contributed by atoms with E-state index >= 15 is 0 Å². The van der Waals surface area contributed by atoms with Crippen molar-refractivity contribution in [1.29, 1.82) is 0 Å². The normalized spacial score (nSPS) is 12.1. The van der Waals surface area contributed by atoms with Gasteiger partial charge in [-0.3, -0.25) is 4.55 Å². The van der Waals surface area contributed by atoms with Crippen molar-refractivity contribution in [3.63, 3.8) is 0 Å². The number of rotatable bonds is 21. The fraction of sp³-hybridized carbons (Fsp3) is 0.955. The first-order chi connectivity index (χ1) is 13.5. The third-order valence-corrected chi connectivity index (χ3v) is 5.83. The summed E-state index contributed by atoms with van der Waals surface area (Å²) in [5.74, 6) is -0.734. The molecule has 0 aliphatic rings. The van der Waals surface area contributed by atoms with Crippen LogP contribution in [0.1, 0.15) is 122 Å². The first-order valence-electron chi connectivity index (χ1n) is 11.6. The fourth-order valence-electron chi connectivity index (χ4n) is 3.37. The fourth-order valence-corrected chi connectivity index (χ4v) is 3.69. The number of hydrogen-bond donors (Lipinski definition) is 1. The Kier molecular flexibility index (Phi) is 25.1. The predicted octanol–water partition coefficient (Wildman–Crippen LogP) is 2.68. The molecule has 0 aliphatic heterocycles. The first-order valence-corrected chi connectivity index (χ1v) is 13.2. The Balaban J connectivity index is 0. The van der Waals surface area contributed by atoms with Gasteiger partial charge in [0.2, 0.25) is 0 Å². The molecule has 29 heavy (non-hydrogen) atoms. The molecule has 1 N–H and O–H groups in total. The molecule has 5 nitrogen and oxygen atoms in total. The van der Waals surface area contributed by atoms with Crippen LogP contribution in [0.5, 0.6) is 0 Å². The minimum absolute atomic E-state index is 0. The Morgan fingerprint density at radius 3 is 1.41 bits per heavy atom. The maximum Gasteiger partial charge on any atom is 1.00 e. The molecule has 0 radical (unpaired) electrons. The molecule has 0 unspecified atom stereocenters. The van der Waals surface area contributed by atoms with Crippen LogP contribution in [0.15, 0.2) is 4.99 Å². The Morgan fingerprint density at radius 2 is 1.07 bits per heavy atom. The summed E-state index contributed by atoms with van der Waals surface area (Å²) in [4.78, 5) is 3.64. The maximum absolute atomic E-state index is 11.4. The van der Waals surface area contributed by atoms with Crippen molar-refractivity contribution in [3.05, 3.63) is 0 Å². The van der Waals surface area contributed by atoms with Crippen molar-refractivity contribution < 1.29 is 47.6 Å². The molecular formula is C22H44NNaO4S. The molecule has 0 fully saturated rings. The van der Waals surface area contributed by atoms with E-state index in [4.69, 9.17) is 4.55 Å². The van der Waals surface area contributed by atoms with E-state index < -0.39 is 15.9 Å². The Bertz CT molecular complexity index is 469. The Morgan fingerprint density at radius 1 is 0.724 bits per heavy atom. The average molecular weight is 442 g/mol. The van der Waals surface area contributed by atoms with Crippen LogP contribution in [-0.4, -0.2) is 31.2 Å². The average Bonchev–Trinajstić information content (AvgIpc) is 2.63. The minimum Gasteiger partial charge on any atom is -0.862 e. The smallest absolute Gasteiger partial charge is 0.862 e. The molecule has 0 bridgehead atoms. The van der Waals surface area contributed by atoms with Crippen molar-refractivity contribution in [2.45, 2.75) is 122 Å². The van der Waals surface area contributed by atoms with E-state index in [-0.39, 0.29) is 42.0 Å². The van der Waals surface area contributed by atoms with E-state index in [0.29, 0.717) is 6.42 Å². The summed E-state index contributed by atoms with van der Waals surface area (Å²) in [6, 6.07) is 0. The topological polar surface area (TPSA) is 89.8 Å². The number of unbranched alkanes of at least 4 members (excludes halogenated alkanes) is 16. The molecule has 0 aromatic heterocycles. The van der Waals surface area contributed by atoms with Crippen LogP contribution in [-0.2, 0) is 10.1 Å². The van der Waals surface area contributed by atoms with E-state index in [9.17, 15) is 13.5 Å². The molecule has 0 saturated carbocycles. The Labute approximate surface area is 202 Å². The second kappa shape index (κ2) is 23.1. The van der Waals surface area contributed by atoms with E-state index in [1.54, 1.807) is 0 Å². The molecule has 0 heterocycles. The van der Waals surface area contributed by atoms with E-state index in [2.05, 4.69) is 11.9 Å². The number of hydrogen-bond acceptors (Lipinski definition) is 4. The molecule has 0 spiro atoms. The SMILES string of the molecule is CCCCCCCCCCCCCCCCCCCC([O-])=NCCS(=O)(=O)O.[Na+]. The summed E-state index contributed by atoms with van der Waals surface area (Å²) in [6.45, 7) is 2.12. The van der Waals surface area contributed by atoms with E-state index in [1.807, 2.05) is 0 Å². The zero-order chi connectivity index (χ0) is 20.9. The molecule has 0 saturated heterocycles. The summed E-state index contributed by atoms with van der Waals surface area (Å²) in [5.41, 5.74) is 0. The van der Waals surface area contributed by atoms with Gasteiger partial charge in [0.1, 0.15) is 0 Å². The van der Waals surface area contributed by atoms with Gasteiger partial charge in [-0.25, -0.2) is 0 Å². The second-order valence-electron chi connectivity index (χ2n) is 7.97. The third-order valence-electron chi connectivity index (χ3n) is 5.13. The molecule has 168 valence electrons.